The number of hydrogen-bond donors (Lipinski definition) is 0. The third-order valence-electron chi connectivity index (χ3n) is 10.6. The van der Waals surface area contributed by atoms with Gasteiger partial charge < -0.3 is 9.47 Å². The Kier molecular flexibility index (Phi) is 7.85. The molecule has 0 aliphatic heterocycles. The Balaban J connectivity index is 1.11. The molecule has 0 N–H and O–H groups in total. The average molecular weight is 689 g/mol. The van der Waals surface area contributed by atoms with Gasteiger partial charge in [-0.15, -0.1) is 0 Å². The van der Waals surface area contributed by atoms with Gasteiger partial charge in [0, 0.05) is 33.5 Å². The number of benzene rings is 9. The fourth-order valence-corrected chi connectivity index (χ4v) is 8.08. The summed E-state index contributed by atoms with van der Waals surface area (Å²) in [4.78, 5) is 2.36. The fourth-order valence-electron chi connectivity index (χ4n) is 8.08. The van der Waals surface area contributed by atoms with E-state index in [2.05, 4.69) is 228 Å². The van der Waals surface area contributed by atoms with Gasteiger partial charge >= 0.3 is 0 Å². The number of hydrogen-bond acceptors (Lipinski definition) is 1. The summed E-state index contributed by atoms with van der Waals surface area (Å²) in [7, 11) is 0. The molecule has 2 nitrogen and oxygen atoms in total. The maximum atomic E-state index is 2.39. The van der Waals surface area contributed by atoms with E-state index in [0.717, 1.165) is 22.7 Å². The van der Waals surface area contributed by atoms with Crippen molar-refractivity contribution in [1.82, 2.24) is 4.57 Å². The smallest absolute Gasteiger partial charge is 0.0541 e. The van der Waals surface area contributed by atoms with Crippen molar-refractivity contribution in [1.29, 1.82) is 0 Å². The fraction of sp³-hybridized carbons (Fsp3) is 0. The summed E-state index contributed by atoms with van der Waals surface area (Å²) >= 11 is 0. The van der Waals surface area contributed by atoms with Crippen LogP contribution >= 0.6 is 0 Å². The lowest BCUT2D eigenvalue weighted by molar-refractivity contribution is 1.18. The minimum atomic E-state index is 1.10. The van der Waals surface area contributed by atoms with Crippen molar-refractivity contribution in [3.8, 4) is 39.1 Å². The van der Waals surface area contributed by atoms with Crippen molar-refractivity contribution in [3.63, 3.8) is 0 Å². The quantitative estimate of drug-likeness (QED) is 0.162. The second kappa shape index (κ2) is 13.4. The predicted molar refractivity (Wildman–Crippen MR) is 229 cm³/mol. The second-order valence-corrected chi connectivity index (χ2v) is 13.8. The second-order valence-electron chi connectivity index (χ2n) is 13.8. The van der Waals surface area contributed by atoms with Crippen LogP contribution in [0, 0.1) is 0 Å². The summed E-state index contributed by atoms with van der Waals surface area (Å²) in [6, 6.07) is 78.9. The van der Waals surface area contributed by atoms with Crippen molar-refractivity contribution in [2.45, 2.75) is 0 Å². The third kappa shape index (κ3) is 5.53. The van der Waals surface area contributed by atoms with Crippen LogP contribution in [0.5, 0.6) is 0 Å². The highest BCUT2D eigenvalue weighted by Crippen LogP contribution is 2.42. The maximum Gasteiger partial charge on any atom is 0.0541 e. The Morgan fingerprint density at radius 3 is 1.57 bits per heavy atom. The molecule has 0 fully saturated rings. The van der Waals surface area contributed by atoms with Crippen molar-refractivity contribution >= 4 is 49.6 Å². The molecule has 2 heteroatoms. The Morgan fingerprint density at radius 1 is 0.296 bits per heavy atom. The van der Waals surface area contributed by atoms with Crippen molar-refractivity contribution in [2.75, 3.05) is 4.90 Å². The zero-order chi connectivity index (χ0) is 35.8. The zero-order valence-electron chi connectivity index (χ0n) is 29.7. The molecule has 0 radical (unpaired) electrons. The molecule has 54 heavy (non-hydrogen) atoms. The van der Waals surface area contributed by atoms with E-state index < -0.39 is 0 Å². The van der Waals surface area contributed by atoms with Crippen molar-refractivity contribution < 1.29 is 0 Å². The minimum Gasteiger partial charge on any atom is -0.310 e. The van der Waals surface area contributed by atoms with E-state index in [1.54, 1.807) is 0 Å². The topological polar surface area (TPSA) is 8.17 Å². The highest BCUT2D eigenvalue weighted by atomic mass is 15.1. The van der Waals surface area contributed by atoms with Gasteiger partial charge in [-0.3, -0.25) is 0 Å². The normalized spacial score (nSPS) is 11.3. The van der Waals surface area contributed by atoms with Gasteiger partial charge in [-0.2, -0.15) is 0 Å². The van der Waals surface area contributed by atoms with Crippen LogP contribution in [0.4, 0.5) is 17.1 Å². The summed E-state index contributed by atoms with van der Waals surface area (Å²) in [5.74, 6) is 0. The van der Waals surface area contributed by atoms with Gasteiger partial charge in [-0.25, -0.2) is 0 Å². The Hall–Kier alpha value is -7.16. The lowest BCUT2D eigenvalue weighted by atomic mass is 9.93. The molecule has 0 aliphatic rings. The van der Waals surface area contributed by atoms with Crippen LogP contribution in [-0.4, -0.2) is 4.57 Å². The lowest BCUT2D eigenvalue weighted by Gasteiger charge is -2.27. The summed E-state index contributed by atoms with van der Waals surface area (Å²) in [5.41, 5.74) is 14.0. The molecule has 0 unspecified atom stereocenters. The number of fused-ring (bicyclic) bond motifs is 4. The number of anilines is 3. The Morgan fingerprint density at radius 2 is 0.833 bits per heavy atom. The number of aromatic nitrogens is 1. The van der Waals surface area contributed by atoms with E-state index >= 15 is 0 Å². The third-order valence-corrected chi connectivity index (χ3v) is 10.6. The summed E-state index contributed by atoms with van der Waals surface area (Å²) in [6.07, 6.45) is 0. The van der Waals surface area contributed by atoms with Crippen LogP contribution in [0.2, 0.25) is 0 Å². The van der Waals surface area contributed by atoms with Crippen LogP contribution in [-0.2, 0) is 0 Å². The molecule has 0 saturated carbocycles. The van der Waals surface area contributed by atoms with E-state index in [0.29, 0.717) is 0 Å². The molecular weight excluding hydrogens is 653 g/mol. The standard InChI is InChI=1S/C52H36N2/c1-3-15-38(16-4-1)50-36-44(33-34-47(50)40-19-13-22-43(35-40)54-51-27-11-9-24-48(51)49-25-10-12-28-52(49)54)53(41-20-5-2-6-21-41)42-31-29-39(30-32-42)46-26-14-18-37-17-7-8-23-45(37)46/h1-36H. The van der Waals surface area contributed by atoms with Crippen LogP contribution in [0.1, 0.15) is 0 Å². The highest BCUT2D eigenvalue weighted by Gasteiger charge is 2.18. The van der Waals surface area contributed by atoms with Gasteiger partial charge in [0.1, 0.15) is 0 Å². The monoisotopic (exact) mass is 688 g/mol. The molecule has 1 heterocycles. The number of rotatable bonds is 7. The van der Waals surface area contributed by atoms with Gasteiger partial charge in [0.25, 0.3) is 0 Å². The molecule has 0 amide bonds. The molecule has 0 bridgehead atoms. The molecule has 0 spiro atoms. The van der Waals surface area contributed by atoms with E-state index in [4.69, 9.17) is 0 Å². The molecule has 10 aromatic rings. The SMILES string of the molecule is c1ccc(-c2cc(N(c3ccccc3)c3ccc(-c4cccc5ccccc45)cc3)ccc2-c2cccc(-n3c4ccccc4c4ccccc43)c2)cc1. The Bertz CT molecular complexity index is 2860. The summed E-state index contributed by atoms with van der Waals surface area (Å²) in [6.45, 7) is 0. The van der Waals surface area contributed by atoms with E-state index in [9.17, 15) is 0 Å². The van der Waals surface area contributed by atoms with Crippen molar-refractivity contribution in [2.24, 2.45) is 0 Å². The first-order valence-electron chi connectivity index (χ1n) is 18.5. The molecule has 10 rings (SSSR count). The highest BCUT2D eigenvalue weighted by molar-refractivity contribution is 6.09. The number of para-hydroxylation sites is 3. The minimum absolute atomic E-state index is 1.10. The van der Waals surface area contributed by atoms with Crippen LogP contribution in [0.3, 0.4) is 0 Å². The van der Waals surface area contributed by atoms with Crippen LogP contribution < -0.4 is 4.90 Å². The summed E-state index contributed by atoms with van der Waals surface area (Å²) in [5, 5.41) is 5.04. The molecular formula is C52H36N2. The Labute approximate surface area is 315 Å². The van der Waals surface area contributed by atoms with Crippen molar-refractivity contribution in [3.05, 3.63) is 218 Å². The first kappa shape index (κ1) is 31.6. The molecule has 254 valence electrons. The largest absolute Gasteiger partial charge is 0.310 e. The zero-order valence-corrected chi connectivity index (χ0v) is 29.7. The van der Waals surface area contributed by atoms with Gasteiger partial charge in [-0.1, -0.05) is 158 Å². The first-order chi connectivity index (χ1) is 26.8. The molecule has 9 aromatic carbocycles. The molecule has 0 aliphatic carbocycles. The lowest BCUT2D eigenvalue weighted by Crippen LogP contribution is -2.10. The van der Waals surface area contributed by atoms with E-state index in [1.165, 1.54) is 66.0 Å². The maximum absolute atomic E-state index is 2.39. The molecule has 0 saturated heterocycles. The average Bonchev–Trinajstić information content (AvgIpc) is 3.59. The van der Waals surface area contributed by atoms with Gasteiger partial charge in [0.05, 0.1) is 11.0 Å². The first-order valence-corrected chi connectivity index (χ1v) is 18.5. The summed E-state index contributed by atoms with van der Waals surface area (Å²) < 4.78 is 2.39. The molecule has 0 atom stereocenters. The van der Waals surface area contributed by atoms with Crippen LogP contribution in [0.25, 0.3) is 71.6 Å². The predicted octanol–water partition coefficient (Wildman–Crippen LogP) is 14.4. The van der Waals surface area contributed by atoms with Gasteiger partial charge in [0.2, 0.25) is 0 Å². The molecule has 1 aromatic heterocycles. The van der Waals surface area contributed by atoms with Gasteiger partial charge in [-0.05, 0) is 105 Å². The van der Waals surface area contributed by atoms with Gasteiger partial charge in [0.15, 0.2) is 0 Å². The number of nitrogens with zero attached hydrogens (tertiary/aromatic N) is 2. The van der Waals surface area contributed by atoms with Crippen LogP contribution in [0.15, 0.2) is 218 Å². The van der Waals surface area contributed by atoms with E-state index in [1.807, 2.05) is 0 Å². The van der Waals surface area contributed by atoms with E-state index in [-0.39, 0.29) is 0 Å².